The fraction of sp³-hybridized carbons (Fsp3) is 0.647. The van der Waals surface area contributed by atoms with Crippen molar-refractivity contribution in [2.24, 2.45) is 0 Å². The second kappa shape index (κ2) is 11.8. The molecule has 1 fully saturated rings. The molecule has 0 bridgehead atoms. The molecular formula is C17H30Cl2CrNOSi. The number of halogens is 2. The van der Waals surface area contributed by atoms with Gasteiger partial charge in [-0.3, -0.25) is 0 Å². The van der Waals surface area contributed by atoms with E-state index < -0.39 is 8.32 Å². The third-order valence-corrected chi connectivity index (χ3v) is 10.7. The van der Waals surface area contributed by atoms with Gasteiger partial charge >= 0.3 is 33.5 Å². The molecule has 6 heteroatoms. The Labute approximate surface area is 158 Å². The fourth-order valence-corrected chi connectivity index (χ4v) is 9.54. The summed E-state index contributed by atoms with van der Waals surface area (Å²) in [6, 6.07) is 5.99. The number of pyridine rings is 1. The van der Waals surface area contributed by atoms with Crippen molar-refractivity contribution in [3.8, 4) is 5.88 Å². The number of rotatable bonds is 5. The molecule has 133 valence electrons. The Morgan fingerprint density at radius 2 is 1.65 bits per heavy atom. The van der Waals surface area contributed by atoms with Crippen molar-refractivity contribution >= 4 is 28.4 Å². The number of nitrogens with zero attached hydrogens (tertiary/aromatic N) is 1. The predicted octanol–water partition coefficient (Wildman–Crippen LogP) is 7.00. The summed E-state index contributed by atoms with van der Waals surface area (Å²) in [5.74, 6) is 0.837. The maximum absolute atomic E-state index is 6.64. The number of hydrogen-bond acceptors (Lipinski definition) is 2. The topological polar surface area (TPSA) is 22.1 Å². The SMILES string of the molecule is CC(C)[Si](Oc1ccccn1)(C(C)C)C1CCCC1.[CH3-].[Cl][Cr+][Cl]. The van der Waals surface area contributed by atoms with Crippen LogP contribution < -0.4 is 4.43 Å². The normalized spacial score (nSPS) is 15.0. The monoisotopic (exact) mass is 414 g/mol. The minimum atomic E-state index is -1.82. The molecule has 2 nitrogen and oxygen atoms in total. The Morgan fingerprint density at radius 1 is 1.13 bits per heavy atom. The molecule has 0 amide bonds. The van der Waals surface area contributed by atoms with E-state index in [9.17, 15) is 0 Å². The molecule has 2 rings (SSSR count). The van der Waals surface area contributed by atoms with Gasteiger partial charge in [0.05, 0.1) is 0 Å². The van der Waals surface area contributed by atoms with Gasteiger partial charge in [0, 0.05) is 6.20 Å². The molecule has 0 unspecified atom stereocenters. The minimum absolute atomic E-state index is 0. The van der Waals surface area contributed by atoms with Crippen molar-refractivity contribution < 1.29 is 17.8 Å². The maximum atomic E-state index is 6.64. The fourth-order valence-electron chi connectivity index (χ4n) is 3.89. The molecule has 0 N–H and O–H groups in total. The van der Waals surface area contributed by atoms with Gasteiger partial charge in [-0.15, -0.1) is 0 Å². The molecule has 0 atom stereocenters. The number of hydrogen-bond donors (Lipinski definition) is 0. The molecule has 0 radical (unpaired) electrons. The van der Waals surface area contributed by atoms with Crippen molar-refractivity contribution in [1.29, 1.82) is 0 Å². The summed E-state index contributed by atoms with van der Waals surface area (Å²) in [4.78, 5) is 4.41. The van der Waals surface area contributed by atoms with E-state index in [1.54, 1.807) is 0 Å². The molecule has 1 heterocycles. The molecule has 1 aliphatic carbocycles. The average Bonchev–Trinajstić information content (AvgIpc) is 3.00. The quantitative estimate of drug-likeness (QED) is 0.382. The van der Waals surface area contributed by atoms with Gasteiger partial charge in [0.2, 0.25) is 0 Å². The Hall–Kier alpha value is 0.279. The van der Waals surface area contributed by atoms with Gasteiger partial charge in [-0.2, -0.15) is 0 Å². The predicted molar refractivity (Wildman–Crippen MR) is 101 cm³/mol. The third-order valence-electron chi connectivity index (χ3n) is 4.72. The Bertz CT molecular complexity index is 406. The molecule has 0 aromatic carbocycles. The second-order valence-corrected chi connectivity index (χ2v) is 13.6. The van der Waals surface area contributed by atoms with Crippen LogP contribution in [0.4, 0.5) is 0 Å². The van der Waals surface area contributed by atoms with Crippen LogP contribution in [0.25, 0.3) is 0 Å². The Balaban J connectivity index is 0.00000112. The van der Waals surface area contributed by atoms with Crippen molar-refractivity contribution in [2.45, 2.75) is 70.0 Å². The first-order chi connectivity index (χ1) is 10.5. The van der Waals surface area contributed by atoms with Crippen molar-refractivity contribution in [2.75, 3.05) is 0 Å². The van der Waals surface area contributed by atoms with Crippen LogP contribution in [0.1, 0.15) is 53.4 Å². The zero-order valence-electron chi connectivity index (χ0n) is 14.9. The average molecular weight is 415 g/mol. The molecular weight excluding hydrogens is 385 g/mol. The summed E-state index contributed by atoms with van der Waals surface area (Å²) < 4.78 is 6.64. The van der Waals surface area contributed by atoms with Gasteiger partial charge in [-0.05, 0) is 41.6 Å². The van der Waals surface area contributed by atoms with Gasteiger partial charge in [-0.25, -0.2) is 4.98 Å². The van der Waals surface area contributed by atoms with Crippen molar-refractivity contribution in [1.82, 2.24) is 4.98 Å². The van der Waals surface area contributed by atoms with E-state index in [-0.39, 0.29) is 20.8 Å². The zero-order chi connectivity index (χ0) is 16.6. The molecule has 0 spiro atoms. The van der Waals surface area contributed by atoms with Crippen LogP contribution in [0.3, 0.4) is 0 Å². The van der Waals surface area contributed by atoms with Crippen LogP contribution in [-0.2, 0) is 13.4 Å². The van der Waals surface area contributed by atoms with Crippen molar-refractivity contribution in [3.63, 3.8) is 0 Å². The summed E-state index contributed by atoms with van der Waals surface area (Å²) in [5.41, 5.74) is 2.07. The van der Waals surface area contributed by atoms with Gasteiger partial charge in [0.25, 0.3) is 8.32 Å². The van der Waals surface area contributed by atoms with Crippen molar-refractivity contribution in [3.05, 3.63) is 31.8 Å². The first kappa shape index (κ1) is 23.3. The van der Waals surface area contributed by atoms with Gasteiger partial charge in [0.1, 0.15) is 0 Å². The summed E-state index contributed by atoms with van der Waals surface area (Å²) in [5, 5.41) is 0. The van der Waals surface area contributed by atoms with Crippen LogP contribution in [0.5, 0.6) is 5.88 Å². The van der Waals surface area contributed by atoms with Gasteiger partial charge < -0.3 is 11.9 Å². The first-order valence-electron chi connectivity index (χ1n) is 7.98. The van der Waals surface area contributed by atoms with Gasteiger partial charge in [0.15, 0.2) is 5.88 Å². The second-order valence-electron chi connectivity index (χ2n) is 6.47. The molecule has 1 aromatic rings. The molecule has 23 heavy (non-hydrogen) atoms. The van der Waals surface area contributed by atoms with E-state index in [0.29, 0.717) is 11.1 Å². The summed E-state index contributed by atoms with van der Waals surface area (Å²) in [6.07, 6.45) is 7.31. The van der Waals surface area contributed by atoms with Gasteiger partial charge in [-0.1, -0.05) is 46.6 Å². The van der Waals surface area contributed by atoms with E-state index in [1.807, 2.05) is 24.4 Å². The van der Waals surface area contributed by atoms with E-state index in [2.05, 4.69) is 32.7 Å². The Morgan fingerprint density at radius 3 is 2.04 bits per heavy atom. The van der Waals surface area contributed by atoms with Crippen LogP contribution >= 0.6 is 20.1 Å². The summed E-state index contributed by atoms with van der Waals surface area (Å²) in [7, 11) is 7.83. The van der Waals surface area contributed by atoms with Crippen LogP contribution in [-0.4, -0.2) is 13.3 Å². The van der Waals surface area contributed by atoms with E-state index >= 15 is 0 Å². The molecule has 1 aliphatic rings. The van der Waals surface area contributed by atoms with Crippen LogP contribution in [0.15, 0.2) is 24.4 Å². The summed E-state index contributed by atoms with van der Waals surface area (Å²) >= 11 is -0.181. The number of aromatic nitrogens is 1. The zero-order valence-corrected chi connectivity index (χ0v) is 18.7. The van der Waals surface area contributed by atoms with E-state index in [0.717, 1.165) is 11.4 Å². The van der Waals surface area contributed by atoms with E-state index in [4.69, 9.17) is 24.5 Å². The first-order valence-corrected chi connectivity index (χ1v) is 13.6. The molecule has 0 saturated heterocycles. The summed E-state index contributed by atoms with van der Waals surface area (Å²) in [6.45, 7) is 9.42. The molecule has 0 aliphatic heterocycles. The molecule has 1 saturated carbocycles. The van der Waals surface area contributed by atoms with Crippen LogP contribution in [0, 0.1) is 7.43 Å². The Kier molecular flexibility index (Phi) is 11.9. The third kappa shape index (κ3) is 6.25. The standard InChI is InChI=1S/C16H27NOSi.CH3.2ClH.Cr/c1-13(2)19(14(3)4,15-9-5-6-10-15)18-16-11-7-8-12-17-16;;;;/h7-8,11-15H,5-6,9-10H2,1-4H3;1H3;2*1H;/q;-1;;;+3/p-2. The van der Waals surface area contributed by atoms with E-state index in [1.165, 1.54) is 25.7 Å². The van der Waals surface area contributed by atoms with Crippen LogP contribution in [0.2, 0.25) is 16.6 Å². The molecule has 1 aromatic heterocycles.